The van der Waals surface area contributed by atoms with Crippen molar-refractivity contribution in [2.45, 2.75) is 0 Å². The Morgan fingerprint density at radius 2 is 1.70 bits per heavy atom. The number of phenols is 1. The van der Waals surface area contributed by atoms with Gasteiger partial charge in [-0.15, -0.1) is 0 Å². The minimum atomic E-state index is -0.444. The van der Waals surface area contributed by atoms with E-state index in [1.807, 2.05) is 0 Å². The van der Waals surface area contributed by atoms with E-state index in [0.29, 0.717) is 29.2 Å². The predicted molar refractivity (Wildman–Crippen MR) is 141 cm³/mol. The van der Waals surface area contributed by atoms with Gasteiger partial charge in [0, 0.05) is 44.4 Å². The van der Waals surface area contributed by atoms with Gasteiger partial charge in [-0.1, -0.05) is 12.1 Å². The van der Waals surface area contributed by atoms with Crippen molar-refractivity contribution in [1.82, 2.24) is 10.2 Å². The zero-order valence-electron chi connectivity index (χ0n) is 20.5. The summed E-state index contributed by atoms with van der Waals surface area (Å²) >= 11 is 0. The smallest absolute Gasteiger partial charge is 0.229 e. The molecule has 190 valence electrons. The molecule has 37 heavy (non-hydrogen) atoms. The van der Waals surface area contributed by atoms with Crippen LogP contribution >= 0.6 is 0 Å². The maximum Gasteiger partial charge on any atom is 0.229 e. The van der Waals surface area contributed by atoms with Gasteiger partial charge in [-0.2, -0.15) is 0 Å². The van der Waals surface area contributed by atoms with Gasteiger partial charge in [0.1, 0.15) is 29.4 Å². The normalized spacial score (nSPS) is 14.0. The van der Waals surface area contributed by atoms with E-state index in [1.165, 1.54) is 18.2 Å². The average Bonchev–Trinajstić information content (AvgIpc) is 2.93. The molecular formula is C29H28N2O6. The van der Waals surface area contributed by atoms with Crippen molar-refractivity contribution in [3.8, 4) is 28.4 Å². The first-order chi connectivity index (χ1) is 18.0. The molecular weight excluding hydrogens is 472 g/mol. The first-order valence-electron chi connectivity index (χ1n) is 12.2. The molecule has 4 aromatic rings. The number of hydrogen-bond donors (Lipinski definition) is 2. The monoisotopic (exact) mass is 500 g/mol. The second-order valence-corrected chi connectivity index (χ2v) is 8.84. The van der Waals surface area contributed by atoms with Crippen LogP contribution in [0.4, 0.5) is 0 Å². The van der Waals surface area contributed by atoms with Crippen molar-refractivity contribution in [2.75, 3.05) is 46.4 Å². The summed E-state index contributed by atoms with van der Waals surface area (Å²) < 4.78 is 17.1. The largest absolute Gasteiger partial charge is 0.508 e. The van der Waals surface area contributed by atoms with Gasteiger partial charge in [-0.3, -0.25) is 14.5 Å². The topological polar surface area (TPSA) is 101 Å². The zero-order valence-corrected chi connectivity index (χ0v) is 20.5. The van der Waals surface area contributed by atoms with Crippen LogP contribution in [0, 0.1) is 0 Å². The van der Waals surface area contributed by atoms with E-state index in [0.717, 1.165) is 32.7 Å². The van der Waals surface area contributed by atoms with Crippen molar-refractivity contribution in [3.63, 3.8) is 0 Å². The Bertz CT molecular complexity index is 1460. The highest BCUT2D eigenvalue weighted by molar-refractivity contribution is 6.11. The highest BCUT2D eigenvalue weighted by Gasteiger charge is 2.23. The standard InChI is InChI=1S/C29H28N2O6/c1-35-22-7-2-19(3-8-22)26-28(34)24-11-6-21(32)18-25(24)37-29(26)27(33)20-4-9-23(10-5-20)36-17-16-31-14-12-30-13-15-31/h2-11,18,30,32H,12-17H2,1H3. The SMILES string of the molecule is COc1ccc(-c2c(C(=O)c3ccc(OCCN4CCNCC4)cc3)oc3cc(O)ccc3c2=O)cc1. The van der Waals surface area contributed by atoms with Gasteiger partial charge in [-0.25, -0.2) is 0 Å². The summed E-state index contributed by atoms with van der Waals surface area (Å²) in [5.41, 5.74) is 0.816. The van der Waals surface area contributed by atoms with Gasteiger partial charge < -0.3 is 24.3 Å². The van der Waals surface area contributed by atoms with Crippen LogP contribution < -0.4 is 20.2 Å². The summed E-state index contributed by atoms with van der Waals surface area (Å²) in [4.78, 5) is 29.4. The Morgan fingerprint density at radius 3 is 2.41 bits per heavy atom. The lowest BCUT2D eigenvalue weighted by atomic mass is 9.97. The molecule has 0 aliphatic carbocycles. The number of rotatable bonds is 8. The zero-order chi connectivity index (χ0) is 25.8. The van der Waals surface area contributed by atoms with Crippen LogP contribution in [0.3, 0.4) is 0 Å². The van der Waals surface area contributed by atoms with Crippen LogP contribution in [0.1, 0.15) is 16.1 Å². The third-order valence-corrected chi connectivity index (χ3v) is 6.46. The average molecular weight is 501 g/mol. The summed E-state index contributed by atoms with van der Waals surface area (Å²) in [5.74, 6) is 0.681. The molecule has 2 N–H and O–H groups in total. The van der Waals surface area contributed by atoms with Crippen molar-refractivity contribution in [3.05, 3.63) is 88.3 Å². The second kappa shape index (κ2) is 10.9. The molecule has 1 aromatic heterocycles. The van der Waals surface area contributed by atoms with E-state index in [4.69, 9.17) is 13.9 Å². The van der Waals surface area contributed by atoms with Crippen LogP contribution in [0.2, 0.25) is 0 Å². The number of fused-ring (bicyclic) bond motifs is 1. The maximum absolute atomic E-state index is 13.6. The van der Waals surface area contributed by atoms with Crippen LogP contribution in [0.5, 0.6) is 17.2 Å². The van der Waals surface area contributed by atoms with Gasteiger partial charge in [-0.05, 0) is 54.1 Å². The Hall–Kier alpha value is -4.14. The number of methoxy groups -OCH3 is 1. The van der Waals surface area contributed by atoms with Crippen LogP contribution in [-0.4, -0.2) is 62.2 Å². The Kier molecular flexibility index (Phi) is 7.20. The molecule has 3 aromatic carbocycles. The number of hydrogen-bond acceptors (Lipinski definition) is 8. The van der Waals surface area contributed by atoms with Crippen molar-refractivity contribution in [1.29, 1.82) is 0 Å². The molecule has 5 rings (SSSR count). The molecule has 0 atom stereocenters. The van der Waals surface area contributed by atoms with E-state index < -0.39 is 5.78 Å². The maximum atomic E-state index is 13.6. The molecule has 2 heterocycles. The van der Waals surface area contributed by atoms with Crippen LogP contribution in [-0.2, 0) is 0 Å². The van der Waals surface area contributed by atoms with Crippen LogP contribution in [0.15, 0.2) is 75.9 Å². The summed E-state index contributed by atoms with van der Waals surface area (Å²) in [6, 6.07) is 17.9. The number of phenolic OH excluding ortho intramolecular Hbond substituents is 1. The molecule has 0 bridgehead atoms. The molecule has 1 aliphatic heterocycles. The van der Waals surface area contributed by atoms with Crippen LogP contribution in [0.25, 0.3) is 22.1 Å². The van der Waals surface area contributed by atoms with Gasteiger partial charge in [0.2, 0.25) is 11.2 Å². The number of ether oxygens (including phenoxy) is 2. The molecule has 1 fully saturated rings. The van der Waals surface area contributed by atoms with E-state index in [1.54, 1.807) is 55.6 Å². The molecule has 0 saturated carbocycles. The van der Waals surface area contributed by atoms with Gasteiger partial charge in [0.05, 0.1) is 18.1 Å². The number of piperazine rings is 1. The quantitative estimate of drug-likeness (QED) is 0.354. The highest BCUT2D eigenvalue weighted by Crippen LogP contribution is 2.29. The van der Waals surface area contributed by atoms with E-state index in [2.05, 4.69) is 10.2 Å². The van der Waals surface area contributed by atoms with Gasteiger partial charge >= 0.3 is 0 Å². The Balaban J connectivity index is 1.44. The predicted octanol–water partition coefficient (Wildman–Crippen LogP) is 3.69. The summed E-state index contributed by atoms with van der Waals surface area (Å²) in [6.07, 6.45) is 0. The summed E-state index contributed by atoms with van der Waals surface area (Å²) in [5, 5.41) is 13.5. The van der Waals surface area contributed by atoms with E-state index >= 15 is 0 Å². The van der Waals surface area contributed by atoms with Crippen molar-refractivity contribution >= 4 is 16.8 Å². The molecule has 0 unspecified atom stereocenters. The molecule has 8 nitrogen and oxygen atoms in total. The first kappa shape index (κ1) is 24.5. The Labute approximate surface area is 214 Å². The minimum absolute atomic E-state index is 0.0615. The fourth-order valence-electron chi connectivity index (χ4n) is 4.42. The third kappa shape index (κ3) is 5.35. The van der Waals surface area contributed by atoms with Crippen molar-refractivity contribution < 1.29 is 23.8 Å². The summed E-state index contributed by atoms with van der Waals surface area (Å²) in [6.45, 7) is 5.37. The molecule has 8 heteroatoms. The lowest BCUT2D eigenvalue weighted by molar-refractivity contribution is 0.101. The Morgan fingerprint density at radius 1 is 1.00 bits per heavy atom. The minimum Gasteiger partial charge on any atom is -0.508 e. The highest BCUT2D eigenvalue weighted by atomic mass is 16.5. The molecule has 0 radical (unpaired) electrons. The fourth-order valence-corrected chi connectivity index (χ4v) is 4.42. The summed E-state index contributed by atoms with van der Waals surface area (Å²) in [7, 11) is 1.55. The molecule has 0 amide bonds. The number of carbonyl (C=O) groups is 1. The fraction of sp³-hybridized carbons (Fsp3) is 0.241. The molecule has 0 spiro atoms. The van der Waals surface area contributed by atoms with Crippen molar-refractivity contribution in [2.24, 2.45) is 0 Å². The number of nitrogens with one attached hydrogen (secondary N) is 1. The second-order valence-electron chi connectivity index (χ2n) is 8.84. The number of aromatic hydroxyl groups is 1. The number of benzene rings is 3. The molecule has 1 saturated heterocycles. The first-order valence-corrected chi connectivity index (χ1v) is 12.2. The lowest BCUT2D eigenvalue weighted by Crippen LogP contribution is -2.44. The third-order valence-electron chi connectivity index (χ3n) is 6.46. The lowest BCUT2D eigenvalue weighted by Gasteiger charge is -2.26. The number of nitrogens with zero attached hydrogens (tertiary/aromatic N) is 1. The van der Waals surface area contributed by atoms with E-state index in [9.17, 15) is 14.7 Å². The number of ketones is 1. The molecule has 1 aliphatic rings. The van der Waals surface area contributed by atoms with E-state index in [-0.39, 0.29) is 33.5 Å². The van der Waals surface area contributed by atoms with Gasteiger partial charge in [0.15, 0.2) is 5.76 Å². The van der Waals surface area contributed by atoms with Gasteiger partial charge in [0.25, 0.3) is 0 Å². The number of carbonyl (C=O) groups excluding carboxylic acids is 1.